The highest BCUT2D eigenvalue weighted by Crippen LogP contribution is 2.38. The third-order valence-electron chi connectivity index (χ3n) is 2.70. The van der Waals surface area contributed by atoms with Gasteiger partial charge in [-0.15, -0.1) is 0 Å². The number of benzene rings is 1. The molecule has 0 spiro atoms. The Balaban J connectivity index is 2.42. The molecule has 1 aliphatic heterocycles. The number of primary amides is 1. The van der Waals surface area contributed by atoms with Crippen molar-refractivity contribution in [3.05, 3.63) is 39.0 Å². The minimum atomic E-state index is -0.695. The van der Waals surface area contributed by atoms with E-state index in [9.17, 15) is 14.9 Å². The normalized spacial score (nSPS) is 14.5. The lowest BCUT2D eigenvalue weighted by atomic mass is 10.1. The van der Waals surface area contributed by atoms with Gasteiger partial charge in [0.2, 0.25) is 5.91 Å². The van der Waals surface area contributed by atoms with Crippen LogP contribution in [-0.2, 0) is 4.79 Å². The van der Waals surface area contributed by atoms with Crippen LogP contribution in [0.5, 0.6) is 5.75 Å². The number of carbonyl (C=O) groups is 1. The van der Waals surface area contributed by atoms with Crippen LogP contribution in [0.3, 0.4) is 0 Å². The predicted octanol–water partition coefficient (Wildman–Crippen LogP) is 1.70. The second-order valence-corrected chi connectivity index (χ2v) is 4.32. The molecular formula is C11H10ClN3O4. The molecule has 0 fully saturated rings. The zero-order chi connectivity index (χ0) is 14.2. The van der Waals surface area contributed by atoms with Crippen LogP contribution >= 0.6 is 11.6 Å². The van der Waals surface area contributed by atoms with E-state index in [1.54, 1.807) is 6.92 Å². The zero-order valence-corrected chi connectivity index (χ0v) is 10.6. The molecule has 0 bridgehead atoms. The van der Waals surface area contributed by atoms with E-state index < -0.39 is 16.9 Å². The van der Waals surface area contributed by atoms with Gasteiger partial charge in [0, 0.05) is 6.20 Å². The van der Waals surface area contributed by atoms with Crippen LogP contribution in [0.1, 0.15) is 12.5 Å². The fraction of sp³-hybridized carbons (Fsp3) is 0.182. The number of hydrogen-bond donors (Lipinski definition) is 1. The number of nitrogens with zero attached hydrogens (tertiary/aromatic N) is 2. The van der Waals surface area contributed by atoms with E-state index in [4.69, 9.17) is 22.2 Å². The second kappa shape index (κ2) is 4.77. The molecule has 2 N–H and O–H groups in total. The number of hydrogen-bond acceptors (Lipinski definition) is 5. The molecule has 1 amide bonds. The van der Waals surface area contributed by atoms with Gasteiger partial charge >= 0.3 is 0 Å². The van der Waals surface area contributed by atoms with E-state index >= 15 is 0 Å². The van der Waals surface area contributed by atoms with Crippen LogP contribution < -0.4 is 10.6 Å². The van der Waals surface area contributed by atoms with Crippen molar-refractivity contribution >= 4 is 29.3 Å². The maximum absolute atomic E-state index is 11.1. The fourth-order valence-corrected chi connectivity index (χ4v) is 1.85. The standard InChI is InChI=1S/C11H10ClN3O4/c1-6(11(13)16)14-5-4-7-9(19-14)3-2-8(12)10(7)15(17)18/h2-6H,1H3,(H2,13,16)/t6-/m0/s1. The molecular weight excluding hydrogens is 274 g/mol. The lowest BCUT2D eigenvalue weighted by Crippen LogP contribution is -2.42. The third kappa shape index (κ3) is 2.32. The fourth-order valence-electron chi connectivity index (χ4n) is 1.61. The smallest absolute Gasteiger partial charge is 0.298 e. The number of halogens is 1. The van der Waals surface area contributed by atoms with Gasteiger partial charge in [-0.3, -0.25) is 14.9 Å². The average molecular weight is 284 g/mol. The quantitative estimate of drug-likeness (QED) is 0.672. The minimum absolute atomic E-state index is 0.0217. The monoisotopic (exact) mass is 283 g/mol. The summed E-state index contributed by atoms with van der Waals surface area (Å²) in [4.78, 5) is 26.8. The summed E-state index contributed by atoms with van der Waals surface area (Å²) in [7, 11) is 0. The van der Waals surface area contributed by atoms with E-state index in [0.29, 0.717) is 0 Å². The van der Waals surface area contributed by atoms with Gasteiger partial charge in [0.05, 0.1) is 4.92 Å². The Morgan fingerprint density at radius 2 is 2.26 bits per heavy atom. The Bertz CT molecular complexity index is 588. The van der Waals surface area contributed by atoms with Crippen molar-refractivity contribution in [2.75, 3.05) is 0 Å². The predicted molar refractivity (Wildman–Crippen MR) is 68.3 cm³/mol. The summed E-state index contributed by atoms with van der Waals surface area (Å²) in [5.41, 5.74) is 5.19. The Kier molecular flexibility index (Phi) is 3.30. The van der Waals surface area contributed by atoms with Crippen molar-refractivity contribution in [1.29, 1.82) is 0 Å². The Hall–Kier alpha value is -2.28. The summed E-state index contributed by atoms with van der Waals surface area (Å²) >= 11 is 5.79. The number of rotatable bonds is 3. The second-order valence-electron chi connectivity index (χ2n) is 3.91. The van der Waals surface area contributed by atoms with Crippen molar-refractivity contribution in [3.63, 3.8) is 0 Å². The summed E-state index contributed by atoms with van der Waals surface area (Å²) in [5.74, 6) is -0.330. The molecule has 0 aliphatic carbocycles. The molecule has 0 saturated carbocycles. The highest BCUT2D eigenvalue weighted by atomic mass is 35.5. The lowest BCUT2D eigenvalue weighted by molar-refractivity contribution is -0.385. The van der Waals surface area contributed by atoms with Gasteiger partial charge in [-0.05, 0) is 25.1 Å². The first-order chi connectivity index (χ1) is 8.91. The highest BCUT2D eigenvalue weighted by molar-refractivity contribution is 6.33. The third-order valence-corrected chi connectivity index (χ3v) is 3.00. The van der Waals surface area contributed by atoms with Crippen molar-refractivity contribution in [2.24, 2.45) is 5.73 Å². The van der Waals surface area contributed by atoms with Crippen LogP contribution in [0.25, 0.3) is 6.08 Å². The van der Waals surface area contributed by atoms with Gasteiger partial charge in [-0.2, -0.15) is 0 Å². The van der Waals surface area contributed by atoms with Gasteiger partial charge in [0.15, 0.2) is 5.75 Å². The van der Waals surface area contributed by atoms with Crippen LogP contribution in [0.15, 0.2) is 18.3 Å². The summed E-state index contributed by atoms with van der Waals surface area (Å²) in [6.07, 6.45) is 2.86. The van der Waals surface area contributed by atoms with E-state index in [-0.39, 0.29) is 22.0 Å². The highest BCUT2D eigenvalue weighted by Gasteiger charge is 2.28. The van der Waals surface area contributed by atoms with Gasteiger partial charge in [0.1, 0.15) is 16.6 Å². The largest absolute Gasteiger partial charge is 0.378 e. The van der Waals surface area contributed by atoms with Crippen LogP contribution in [-0.4, -0.2) is 21.9 Å². The molecule has 100 valence electrons. The molecule has 0 radical (unpaired) electrons. The summed E-state index contributed by atoms with van der Waals surface area (Å²) in [6, 6.07) is 2.17. The summed E-state index contributed by atoms with van der Waals surface area (Å²) < 4.78 is 0. The summed E-state index contributed by atoms with van der Waals surface area (Å²) in [5, 5.41) is 12.2. The molecule has 1 aromatic carbocycles. The van der Waals surface area contributed by atoms with Crippen LogP contribution in [0.4, 0.5) is 5.69 Å². The van der Waals surface area contributed by atoms with Gasteiger partial charge < -0.3 is 10.6 Å². The Morgan fingerprint density at radius 1 is 1.58 bits per heavy atom. The first-order valence-corrected chi connectivity index (χ1v) is 5.70. The molecule has 1 aliphatic rings. The number of amides is 1. The number of hydroxylamine groups is 2. The topological polar surface area (TPSA) is 98.7 Å². The molecule has 1 heterocycles. The number of fused-ring (bicyclic) bond motifs is 1. The van der Waals surface area contributed by atoms with E-state index in [1.165, 1.54) is 29.5 Å². The lowest BCUT2D eigenvalue weighted by Gasteiger charge is -2.28. The molecule has 19 heavy (non-hydrogen) atoms. The molecule has 0 aromatic heterocycles. The van der Waals surface area contributed by atoms with E-state index in [1.807, 2.05) is 0 Å². The minimum Gasteiger partial charge on any atom is -0.378 e. The van der Waals surface area contributed by atoms with Crippen LogP contribution in [0, 0.1) is 10.1 Å². The van der Waals surface area contributed by atoms with Gasteiger partial charge in [-0.1, -0.05) is 11.6 Å². The Labute approximate surface area is 113 Å². The summed E-state index contributed by atoms with van der Waals surface area (Å²) in [6.45, 7) is 1.56. The molecule has 0 saturated heterocycles. The number of carbonyl (C=O) groups excluding carboxylic acids is 1. The average Bonchev–Trinajstić information content (AvgIpc) is 2.36. The molecule has 7 nitrogen and oxygen atoms in total. The van der Waals surface area contributed by atoms with E-state index in [2.05, 4.69) is 0 Å². The molecule has 0 unspecified atom stereocenters. The van der Waals surface area contributed by atoms with Crippen LogP contribution in [0.2, 0.25) is 5.02 Å². The Morgan fingerprint density at radius 3 is 2.84 bits per heavy atom. The van der Waals surface area contributed by atoms with Crippen molar-refractivity contribution in [2.45, 2.75) is 13.0 Å². The molecule has 8 heteroatoms. The van der Waals surface area contributed by atoms with Gasteiger partial charge in [0.25, 0.3) is 5.69 Å². The maximum atomic E-state index is 11.1. The van der Waals surface area contributed by atoms with Crippen molar-refractivity contribution < 1.29 is 14.6 Å². The maximum Gasteiger partial charge on any atom is 0.298 e. The number of nitro benzene ring substituents is 1. The molecule has 1 atom stereocenters. The number of nitrogens with two attached hydrogens (primary N) is 1. The first-order valence-electron chi connectivity index (χ1n) is 5.32. The molecule has 2 rings (SSSR count). The van der Waals surface area contributed by atoms with Gasteiger partial charge in [-0.25, -0.2) is 5.06 Å². The first kappa shape index (κ1) is 13.2. The van der Waals surface area contributed by atoms with Crippen molar-refractivity contribution in [3.8, 4) is 5.75 Å². The van der Waals surface area contributed by atoms with Crippen molar-refractivity contribution in [1.82, 2.24) is 5.06 Å². The zero-order valence-electron chi connectivity index (χ0n) is 9.87. The number of nitro groups is 1. The molecule has 1 aromatic rings. The van der Waals surface area contributed by atoms with E-state index in [0.717, 1.165) is 0 Å². The SMILES string of the molecule is C[C@@H](C(N)=O)N1C=Cc2c(ccc(Cl)c2[N+](=O)[O-])O1.